The van der Waals surface area contributed by atoms with Gasteiger partial charge in [-0.05, 0) is 20.0 Å². The molecule has 1 heterocycles. The van der Waals surface area contributed by atoms with Crippen LogP contribution in [0.3, 0.4) is 0 Å². The second-order valence-electron chi connectivity index (χ2n) is 3.16. The van der Waals surface area contributed by atoms with Gasteiger partial charge in [0.05, 0.1) is 12.3 Å². The van der Waals surface area contributed by atoms with Gasteiger partial charge < -0.3 is 5.32 Å². The van der Waals surface area contributed by atoms with E-state index in [1.807, 2.05) is 43.2 Å². The van der Waals surface area contributed by atoms with E-state index < -0.39 is 0 Å². The molecule has 1 rings (SSSR count). The van der Waals surface area contributed by atoms with E-state index in [1.54, 1.807) is 0 Å². The molecule has 0 bridgehead atoms. The molecule has 2 N–H and O–H groups in total. The summed E-state index contributed by atoms with van der Waals surface area (Å²) in [5.74, 6) is 0. The van der Waals surface area contributed by atoms with Crippen LogP contribution in [0, 0.1) is 0 Å². The zero-order valence-electron chi connectivity index (χ0n) is 8.79. The second-order valence-corrected chi connectivity index (χ2v) is 3.16. The van der Waals surface area contributed by atoms with Crippen molar-refractivity contribution >= 4 is 5.69 Å². The van der Waals surface area contributed by atoms with Gasteiger partial charge in [0.1, 0.15) is 7.05 Å². The van der Waals surface area contributed by atoms with Crippen LogP contribution in [0.1, 0.15) is 6.42 Å². The first-order valence-electron chi connectivity index (χ1n) is 4.80. The highest BCUT2D eigenvalue weighted by molar-refractivity contribution is 5.36. The van der Waals surface area contributed by atoms with Gasteiger partial charge in [-0.2, -0.15) is 0 Å². The number of nitrogens with zero attached hydrogens (tertiary/aromatic N) is 1. The van der Waals surface area contributed by atoms with Crippen molar-refractivity contribution in [2.45, 2.75) is 6.42 Å². The Morgan fingerprint density at radius 2 is 2.07 bits per heavy atom. The summed E-state index contributed by atoms with van der Waals surface area (Å²) in [6, 6.07) is 3.94. The Morgan fingerprint density at radius 3 is 2.71 bits per heavy atom. The van der Waals surface area contributed by atoms with Gasteiger partial charge in [-0.15, -0.1) is 0 Å². The maximum atomic E-state index is 5.26. The highest BCUT2D eigenvalue weighted by Crippen LogP contribution is 2.01. The molecule has 0 atom stereocenters. The summed E-state index contributed by atoms with van der Waals surface area (Å²) in [6.45, 7) is 1.69. The molecule has 4 heteroatoms. The molecule has 0 fully saturated rings. The molecule has 0 aliphatic heterocycles. The molecule has 0 radical (unpaired) electrons. The van der Waals surface area contributed by atoms with Gasteiger partial charge in [0.25, 0.3) is 0 Å². The SMILES string of the molecule is CNCCCONc1cc[n+](C)cc1. The third-order valence-corrected chi connectivity index (χ3v) is 1.84. The maximum Gasteiger partial charge on any atom is 0.170 e. The van der Waals surface area contributed by atoms with Crippen LogP contribution < -0.4 is 15.4 Å². The van der Waals surface area contributed by atoms with Crippen LogP contribution in [0.25, 0.3) is 0 Å². The van der Waals surface area contributed by atoms with Crippen LogP contribution in [-0.4, -0.2) is 20.2 Å². The molecule has 0 saturated carbocycles. The van der Waals surface area contributed by atoms with Crippen LogP contribution in [0.15, 0.2) is 24.5 Å². The number of pyridine rings is 1. The maximum absolute atomic E-state index is 5.26. The van der Waals surface area contributed by atoms with Gasteiger partial charge in [0.2, 0.25) is 0 Å². The van der Waals surface area contributed by atoms with E-state index in [0.717, 1.165) is 18.7 Å². The predicted octanol–water partition coefficient (Wildman–Crippen LogP) is 0.464. The van der Waals surface area contributed by atoms with E-state index in [4.69, 9.17) is 4.84 Å². The summed E-state index contributed by atoms with van der Waals surface area (Å²) < 4.78 is 1.98. The van der Waals surface area contributed by atoms with Gasteiger partial charge in [0.15, 0.2) is 12.4 Å². The molecule has 0 aromatic carbocycles. The molecule has 0 aliphatic rings. The third-order valence-electron chi connectivity index (χ3n) is 1.84. The van der Waals surface area contributed by atoms with Crippen molar-refractivity contribution in [1.82, 2.24) is 5.32 Å². The lowest BCUT2D eigenvalue weighted by molar-refractivity contribution is -0.671. The van der Waals surface area contributed by atoms with Crippen LogP contribution in [0.2, 0.25) is 0 Å². The van der Waals surface area contributed by atoms with Crippen molar-refractivity contribution < 1.29 is 9.40 Å². The Morgan fingerprint density at radius 1 is 1.36 bits per heavy atom. The Hall–Kier alpha value is -1.13. The number of hydrogen-bond acceptors (Lipinski definition) is 3. The molecule has 4 nitrogen and oxygen atoms in total. The van der Waals surface area contributed by atoms with Gasteiger partial charge in [-0.25, -0.2) is 4.57 Å². The van der Waals surface area contributed by atoms with Gasteiger partial charge in [-0.3, -0.25) is 10.3 Å². The predicted molar refractivity (Wildman–Crippen MR) is 55.7 cm³/mol. The lowest BCUT2D eigenvalue weighted by Gasteiger charge is -2.05. The molecule has 1 aromatic rings. The van der Waals surface area contributed by atoms with E-state index in [0.29, 0.717) is 6.61 Å². The summed E-state index contributed by atoms with van der Waals surface area (Å²) in [6.07, 6.45) is 4.95. The van der Waals surface area contributed by atoms with E-state index in [9.17, 15) is 0 Å². The molecule has 0 spiro atoms. The minimum Gasteiger partial charge on any atom is -0.320 e. The summed E-state index contributed by atoms with van der Waals surface area (Å²) in [7, 11) is 3.92. The number of aryl methyl sites for hydroxylation is 1. The molecule has 0 aliphatic carbocycles. The molecule has 0 saturated heterocycles. The highest BCUT2D eigenvalue weighted by atomic mass is 16.6. The Balaban J connectivity index is 2.15. The van der Waals surface area contributed by atoms with Crippen molar-refractivity contribution in [2.75, 3.05) is 25.7 Å². The van der Waals surface area contributed by atoms with E-state index in [-0.39, 0.29) is 0 Å². The Kier molecular flexibility index (Phi) is 4.96. The first-order valence-corrected chi connectivity index (χ1v) is 4.80. The third kappa shape index (κ3) is 4.20. The van der Waals surface area contributed by atoms with Crippen LogP contribution in [-0.2, 0) is 11.9 Å². The molecule has 14 heavy (non-hydrogen) atoms. The lowest BCUT2D eigenvalue weighted by atomic mass is 10.4. The van der Waals surface area contributed by atoms with Gasteiger partial charge in [0, 0.05) is 12.1 Å². The smallest absolute Gasteiger partial charge is 0.170 e. The molecular formula is C10H18N3O+. The minimum atomic E-state index is 0.710. The fourth-order valence-corrected chi connectivity index (χ4v) is 1.02. The molecule has 1 aromatic heterocycles. The van der Waals surface area contributed by atoms with Crippen LogP contribution in [0.5, 0.6) is 0 Å². The van der Waals surface area contributed by atoms with Crippen molar-refractivity contribution in [3.63, 3.8) is 0 Å². The quantitative estimate of drug-likeness (QED) is 0.394. The Bertz CT molecular complexity index is 248. The standard InChI is InChI=1S/C10H17N3O/c1-11-6-3-9-14-12-10-4-7-13(2)8-5-10/h4-5,7-8,11H,3,6,9H2,1-2H3/p+1. The summed E-state index contributed by atoms with van der Waals surface area (Å²) in [4.78, 5) is 5.26. The minimum absolute atomic E-state index is 0.710. The average Bonchev–Trinajstić information content (AvgIpc) is 2.21. The lowest BCUT2D eigenvalue weighted by Crippen LogP contribution is -2.25. The highest BCUT2D eigenvalue weighted by Gasteiger charge is 1.94. The number of rotatable bonds is 6. The van der Waals surface area contributed by atoms with Crippen molar-refractivity contribution in [3.05, 3.63) is 24.5 Å². The van der Waals surface area contributed by atoms with Crippen LogP contribution in [0.4, 0.5) is 5.69 Å². The second kappa shape index (κ2) is 6.34. The fraction of sp³-hybridized carbons (Fsp3) is 0.500. The van der Waals surface area contributed by atoms with Crippen LogP contribution >= 0.6 is 0 Å². The normalized spacial score (nSPS) is 10.1. The monoisotopic (exact) mass is 196 g/mol. The van der Waals surface area contributed by atoms with Crippen molar-refractivity contribution in [3.8, 4) is 0 Å². The first-order chi connectivity index (χ1) is 6.83. The summed E-state index contributed by atoms with van der Waals surface area (Å²) in [5, 5.41) is 3.06. The number of aromatic nitrogens is 1. The molecule has 0 unspecified atom stereocenters. The summed E-state index contributed by atoms with van der Waals surface area (Å²) in [5.41, 5.74) is 3.87. The average molecular weight is 196 g/mol. The fourth-order valence-electron chi connectivity index (χ4n) is 1.02. The zero-order valence-corrected chi connectivity index (χ0v) is 8.79. The van der Waals surface area contributed by atoms with E-state index >= 15 is 0 Å². The number of hydrogen-bond donors (Lipinski definition) is 2. The number of anilines is 1. The molecular weight excluding hydrogens is 178 g/mol. The van der Waals surface area contributed by atoms with Gasteiger partial charge in [-0.1, -0.05) is 0 Å². The molecule has 78 valence electrons. The van der Waals surface area contributed by atoms with Crippen molar-refractivity contribution in [1.29, 1.82) is 0 Å². The molecule has 0 amide bonds. The largest absolute Gasteiger partial charge is 0.320 e. The van der Waals surface area contributed by atoms with E-state index in [2.05, 4.69) is 10.8 Å². The summed E-state index contributed by atoms with van der Waals surface area (Å²) >= 11 is 0. The Labute approximate surface area is 84.9 Å². The van der Waals surface area contributed by atoms with E-state index in [1.165, 1.54) is 0 Å². The van der Waals surface area contributed by atoms with Gasteiger partial charge >= 0.3 is 0 Å². The zero-order chi connectivity index (χ0) is 10.2. The van der Waals surface area contributed by atoms with Crippen molar-refractivity contribution in [2.24, 2.45) is 7.05 Å². The topological polar surface area (TPSA) is 37.2 Å². The first kappa shape index (κ1) is 10.9. The number of nitrogens with one attached hydrogen (secondary N) is 2.